The SMILES string of the molecule is CC[C@@]1(OC(C)C)C(=O)OCc2c1cc1n(c2=O)Cc2c-1nc1cc(F)c(Cl)c3c1c2[C@H](NC(=O)CO)CC3. The topological polar surface area (TPSA) is 120 Å². The van der Waals surface area contributed by atoms with Crippen LogP contribution in [0.1, 0.15) is 67.5 Å². The van der Waals surface area contributed by atoms with Crippen LogP contribution in [0.3, 0.4) is 0 Å². The molecule has 0 fully saturated rings. The third-order valence-corrected chi connectivity index (χ3v) is 8.33. The Hall–Kier alpha value is -3.34. The van der Waals surface area contributed by atoms with E-state index < -0.39 is 35.9 Å². The first-order chi connectivity index (χ1) is 18.6. The number of carbonyl (C=O) groups is 2. The van der Waals surface area contributed by atoms with Crippen LogP contribution < -0.4 is 10.9 Å². The van der Waals surface area contributed by atoms with Crippen LogP contribution in [0.5, 0.6) is 0 Å². The molecule has 1 aliphatic carbocycles. The Morgan fingerprint density at radius 2 is 2.10 bits per heavy atom. The first-order valence-corrected chi connectivity index (χ1v) is 13.3. The molecule has 4 heterocycles. The van der Waals surface area contributed by atoms with Crippen LogP contribution in [0.25, 0.3) is 22.3 Å². The van der Waals surface area contributed by atoms with Gasteiger partial charge in [0.25, 0.3) is 5.56 Å². The van der Waals surface area contributed by atoms with Crippen molar-refractivity contribution in [3.63, 3.8) is 0 Å². The molecule has 1 amide bonds. The number of aliphatic hydroxyl groups excluding tert-OH is 1. The molecule has 39 heavy (non-hydrogen) atoms. The van der Waals surface area contributed by atoms with Crippen LogP contribution in [0.15, 0.2) is 16.9 Å². The smallest absolute Gasteiger partial charge is 0.343 e. The number of cyclic esters (lactones) is 1. The van der Waals surface area contributed by atoms with Gasteiger partial charge < -0.3 is 24.5 Å². The molecule has 1 aromatic carbocycles. The number of aryl methyl sites for hydroxylation is 1. The van der Waals surface area contributed by atoms with Crippen molar-refractivity contribution in [1.29, 1.82) is 0 Å². The van der Waals surface area contributed by atoms with Crippen LogP contribution in [0.4, 0.5) is 4.39 Å². The zero-order valence-corrected chi connectivity index (χ0v) is 22.4. The van der Waals surface area contributed by atoms with Gasteiger partial charge in [-0.2, -0.15) is 0 Å². The van der Waals surface area contributed by atoms with E-state index in [1.54, 1.807) is 17.6 Å². The van der Waals surface area contributed by atoms with E-state index in [0.29, 0.717) is 62.9 Å². The highest BCUT2D eigenvalue weighted by molar-refractivity contribution is 6.32. The van der Waals surface area contributed by atoms with Gasteiger partial charge in [-0.25, -0.2) is 14.2 Å². The summed E-state index contributed by atoms with van der Waals surface area (Å²) in [6.07, 6.45) is 0.771. The standard InChI is InChI=1S/C28H27ClFN3O6/c1-4-28(39-12(2)3)16-7-20-25-14(9-33(20)26(36)15(16)11-38-27(28)37)23-18(31-21(35)10-34)6-5-13-22(23)19(32-25)8-17(30)24(13)29/h7-8,12,18,34H,4-6,9-11H2,1-3H3,(H,31,35)/t18-,28+/m1/s1. The molecule has 6 rings (SSSR count). The molecule has 0 spiro atoms. The van der Waals surface area contributed by atoms with E-state index in [0.717, 1.165) is 0 Å². The number of ether oxygens (including phenoxy) is 2. The molecule has 0 saturated carbocycles. The molecule has 3 aromatic rings. The van der Waals surface area contributed by atoms with E-state index in [1.807, 2.05) is 13.8 Å². The lowest BCUT2D eigenvalue weighted by Gasteiger charge is -2.37. The summed E-state index contributed by atoms with van der Waals surface area (Å²) in [4.78, 5) is 44.0. The number of aliphatic hydroxyl groups is 1. The van der Waals surface area contributed by atoms with Gasteiger partial charge in [-0.1, -0.05) is 18.5 Å². The number of rotatable bonds is 5. The molecule has 0 unspecified atom stereocenters. The maximum Gasteiger partial charge on any atom is 0.343 e. The highest BCUT2D eigenvalue weighted by Gasteiger charge is 2.49. The van der Waals surface area contributed by atoms with E-state index in [2.05, 4.69) is 5.32 Å². The Labute approximate surface area is 227 Å². The van der Waals surface area contributed by atoms with Gasteiger partial charge in [-0.15, -0.1) is 0 Å². The van der Waals surface area contributed by atoms with Crippen LogP contribution in [-0.2, 0) is 44.2 Å². The van der Waals surface area contributed by atoms with Gasteiger partial charge in [-0.05, 0) is 50.3 Å². The summed E-state index contributed by atoms with van der Waals surface area (Å²) in [5, 5.41) is 12.9. The number of nitrogens with one attached hydrogen (secondary N) is 1. The molecule has 11 heteroatoms. The maximum atomic E-state index is 14.9. The highest BCUT2D eigenvalue weighted by Crippen LogP contribution is 2.47. The molecule has 2 N–H and O–H groups in total. The number of hydrogen-bond donors (Lipinski definition) is 2. The van der Waals surface area contributed by atoms with E-state index >= 15 is 0 Å². The number of carbonyl (C=O) groups excluding carboxylic acids is 2. The Morgan fingerprint density at radius 3 is 2.79 bits per heavy atom. The summed E-state index contributed by atoms with van der Waals surface area (Å²) >= 11 is 6.37. The number of fused-ring (bicyclic) bond motifs is 5. The van der Waals surface area contributed by atoms with Gasteiger partial charge in [-0.3, -0.25) is 9.59 Å². The average Bonchev–Trinajstić information content (AvgIpc) is 3.28. The van der Waals surface area contributed by atoms with Gasteiger partial charge in [0.2, 0.25) is 5.91 Å². The number of amides is 1. The van der Waals surface area contributed by atoms with Crippen molar-refractivity contribution in [2.45, 2.75) is 70.9 Å². The van der Waals surface area contributed by atoms with Crippen molar-refractivity contribution in [3.05, 3.63) is 61.1 Å². The third kappa shape index (κ3) is 3.65. The van der Waals surface area contributed by atoms with E-state index in [4.69, 9.17) is 26.1 Å². The molecule has 0 saturated heterocycles. The molecule has 0 radical (unpaired) electrons. The Bertz CT molecular complexity index is 1650. The number of hydrogen-bond acceptors (Lipinski definition) is 7. The van der Waals surface area contributed by atoms with E-state index in [9.17, 15) is 23.9 Å². The Morgan fingerprint density at radius 1 is 1.33 bits per heavy atom. The third-order valence-electron chi connectivity index (χ3n) is 7.93. The summed E-state index contributed by atoms with van der Waals surface area (Å²) in [5.41, 5.74) is 2.30. The highest BCUT2D eigenvalue weighted by atomic mass is 35.5. The van der Waals surface area contributed by atoms with Crippen LogP contribution in [0, 0.1) is 5.82 Å². The normalized spacial score (nSPS) is 21.0. The summed E-state index contributed by atoms with van der Waals surface area (Å²) in [6.45, 7) is 4.73. The molecule has 204 valence electrons. The summed E-state index contributed by atoms with van der Waals surface area (Å²) in [7, 11) is 0. The fourth-order valence-electron chi connectivity index (χ4n) is 6.32. The Kier molecular flexibility index (Phi) is 6.05. The second-order valence-corrected chi connectivity index (χ2v) is 10.8. The maximum absolute atomic E-state index is 14.9. The predicted molar refractivity (Wildman–Crippen MR) is 140 cm³/mol. The van der Waals surface area contributed by atoms with Gasteiger partial charge in [0.05, 0.1) is 46.2 Å². The van der Waals surface area contributed by atoms with Crippen molar-refractivity contribution in [2.75, 3.05) is 6.61 Å². The summed E-state index contributed by atoms with van der Waals surface area (Å²) < 4.78 is 28.0. The van der Waals surface area contributed by atoms with E-state index in [-0.39, 0.29) is 36.3 Å². The fourth-order valence-corrected chi connectivity index (χ4v) is 6.57. The quantitative estimate of drug-likeness (QED) is 0.362. The van der Waals surface area contributed by atoms with Crippen LogP contribution in [0.2, 0.25) is 5.02 Å². The number of pyridine rings is 2. The van der Waals surface area contributed by atoms with Crippen molar-refractivity contribution in [3.8, 4) is 11.4 Å². The number of nitrogens with zero attached hydrogens (tertiary/aromatic N) is 2. The lowest BCUT2D eigenvalue weighted by Crippen LogP contribution is -2.47. The van der Waals surface area contributed by atoms with Crippen LogP contribution >= 0.6 is 11.6 Å². The van der Waals surface area contributed by atoms with Gasteiger partial charge in [0, 0.05) is 22.6 Å². The second kappa shape index (κ2) is 9.11. The summed E-state index contributed by atoms with van der Waals surface area (Å²) in [6, 6.07) is 2.52. The van der Waals surface area contributed by atoms with Crippen LogP contribution in [-0.4, -0.2) is 39.2 Å². The minimum atomic E-state index is -1.45. The van der Waals surface area contributed by atoms with Crippen molar-refractivity contribution >= 4 is 34.4 Å². The van der Waals surface area contributed by atoms with Gasteiger partial charge >= 0.3 is 5.97 Å². The van der Waals surface area contributed by atoms with Gasteiger partial charge in [0.15, 0.2) is 5.60 Å². The minimum absolute atomic E-state index is 0.00908. The molecular weight excluding hydrogens is 529 g/mol. The summed E-state index contributed by atoms with van der Waals surface area (Å²) in [5.74, 6) is -1.70. The number of esters is 1. The second-order valence-electron chi connectivity index (χ2n) is 10.5. The van der Waals surface area contributed by atoms with Crippen molar-refractivity contribution in [2.24, 2.45) is 0 Å². The fraction of sp³-hybridized carbons (Fsp3) is 0.429. The molecule has 0 bridgehead atoms. The Balaban J connectivity index is 1.65. The lowest BCUT2D eigenvalue weighted by atomic mass is 9.83. The zero-order chi connectivity index (χ0) is 27.8. The lowest BCUT2D eigenvalue weighted by molar-refractivity contribution is -0.187. The number of aromatic nitrogens is 2. The predicted octanol–water partition coefficient (Wildman–Crippen LogP) is 3.40. The number of halogens is 2. The van der Waals surface area contributed by atoms with Gasteiger partial charge in [0.1, 0.15) is 19.0 Å². The molecule has 9 nitrogen and oxygen atoms in total. The zero-order valence-electron chi connectivity index (χ0n) is 21.7. The minimum Gasteiger partial charge on any atom is -0.458 e. The largest absolute Gasteiger partial charge is 0.458 e. The molecule has 2 aromatic heterocycles. The number of benzene rings is 1. The molecule has 2 aliphatic heterocycles. The first kappa shape index (κ1) is 25.9. The average molecular weight is 556 g/mol. The molecule has 3 aliphatic rings. The molecule has 2 atom stereocenters. The molecular formula is C28H27ClFN3O6. The van der Waals surface area contributed by atoms with Crippen molar-refractivity contribution in [1.82, 2.24) is 14.9 Å². The monoisotopic (exact) mass is 555 g/mol. The van der Waals surface area contributed by atoms with Crippen molar-refractivity contribution < 1.29 is 28.6 Å². The van der Waals surface area contributed by atoms with E-state index in [1.165, 1.54) is 6.07 Å². The first-order valence-electron chi connectivity index (χ1n) is 13.0.